The zero-order chi connectivity index (χ0) is 34.7. The minimum Gasteiger partial charge on any atom is -0.389 e. The molecule has 4 rings (SSSR count). The van der Waals surface area contributed by atoms with Gasteiger partial charge in [0.1, 0.15) is 5.69 Å². The van der Waals surface area contributed by atoms with Gasteiger partial charge in [-0.2, -0.15) is 4.31 Å². The first-order valence-electron chi connectivity index (χ1n) is 15.9. The Balaban J connectivity index is 1.42. The Kier molecular flexibility index (Phi) is 12.4. The number of carbonyl (C=O) groups excluding carboxylic acids is 3. The molecular formula is C36H43N5O6S. The molecule has 2 atom stereocenters. The summed E-state index contributed by atoms with van der Waals surface area (Å²) in [4.78, 5) is 42.8. The van der Waals surface area contributed by atoms with E-state index in [0.717, 1.165) is 10.9 Å². The van der Waals surface area contributed by atoms with Gasteiger partial charge in [0.2, 0.25) is 21.8 Å². The molecule has 11 nitrogen and oxygen atoms in total. The van der Waals surface area contributed by atoms with Crippen LogP contribution < -0.4 is 16.2 Å². The van der Waals surface area contributed by atoms with E-state index in [2.05, 4.69) is 21.2 Å². The van der Waals surface area contributed by atoms with Gasteiger partial charge >= 0.3 is 0 Å². The first-order valence-corrected chi connectivity index (χ1v) is 17.3. The number of pyridine rings is 1. The largest absolute Gasteiger partial charge is 0.389 e. The van der Waals surface area contributed by atoms with Gasteiger partial charge in [-0.05, 0) is 55.5 Å². The topological polar surface area (TPSA) is 158 Å². The number of hydrogen-bond acceptors (Lipinski definition) is 7. The summed E-state index contributed by atoms with van der Waals surface area (Å²) in [5, 5.41) is 15.4. The van der Waals surface area contributed by atoms with Crippen molar-refractivity contribution in [3.8, 4) is 0 Å². The number of para-hydroxylation sites is 1. The Morgan fingerprint density at radius 2 is 1.46 bits per heavy atom. The van der Waals surface area contributed by atoms with Crippen LogP contribution in [0.15, 0.2) is 102 Å². The average molecular weight is 674 g/mol. The molecule has 0 saturated carbocycles. The Morgan fingerprint density at radius 3 is 2.15 bits per heavy atom. The van der Waals surface area contributed by atoms with Crippen LogP contribution in [0, 0.1) is 5.92 Å². The molecule has 1 heterocycles. The predicted octanol–water partition coefficient (Wildman–Crippen LogP) is 3.99. The van der Waals surface area contributed by atoms with E-state index in [9.17, 15) is 27.9 Å². The number of fused-ring (bicyclic) bond motifs is 1. The van der Waals surface area contributed by atoms with Gasteiger partial charge in [0.05, 0.1) is 22.1 Å². The van der Waals surface area contributed by atoms with Crippen LogP contribution in [-0.4, -0.2) is 65.3 Å². The third kappa shape index (κ3) is 9.93. The van der Waals surface area contributed by atoms with Gasteiger partial charge < -0.3 is 10.4 Å². The quantitative estimate of drug-likeness (QED) is 0.139. The fourth-order valence-corrected chi connectivity index (χ4v) is 6.65. The molecule has 0 aliphatic carbocycles. The molecule has 3 amide bonds. The van der Waals surface area contributed by atoms with Crippen molar-refractivity contribution in [2.24, 2.45) is 5.92 Å². The van der Waals surface area contributed by atoms with Crippen molar-refractivity contribution in [3.63, 3.8) is 0 Å². The lowest BCUT2D eigenvalue weighted by molar-refractivity contribution is -0.128. The average Bonchev–Trinajstić information content (AvgIpc) is 3.08. The Morgan fingerprint density at radius 1 is 0.833 bits per heavy atom. The van der Waals surface area contributed by atoms with Crippen LogP contribution in [0.4, 0.5) is 0 Å². The number of benzene rings is 3. The predicted molar refractivity (Wildman–Crippen MR) is 184 cm³/mol. The number of sulfonamides is 1. The summed E-state index contributed by atoms with van der Waals surface area (Å²) in [5.41, 5.74) is 4.91. The SMILES string of the molecule is CC(C)CCN(C[C@@H](O)[C@](C)(Cc1ccccc1)NC(=O)CCC(=O)NNC(=O)c1ccc2ccccc2n1)S(=O)(=O)c1ccccc1. The molecule has 254 valence electrons. The number of aromatic nitrogens is 1. The molecule has 0 bridgehead atoms. The van der Waals surface area contributed by atoms with E-state index in [-0.39, 0.29) is 48.9 Å². The molecule has 0 saturated heterocycles. The molecule has 0 aliphatic rings. The fourth-order valence-electron chi connectivity index (χ4n) is 5.17. The minimum atomic E-state index is -3.95. The van der Waals surface area contributed by atoms with Gasteiger partial charge in [-0.25, -0.2) is 13.4 Å². The number of carbonyl (C=O) groups is 3. The summed E-state index contributed by atoms with van der Waals surface area (Å²) in [7, 11) is -3.95. The van der Waals surface area contributed by atoms with Crippen molar-refractivity contribution in [3.05, 3.63) is 108 Å². The van der Waals surface area contributed by atoms with Crippen LogP contribution in [0.2, 0.25) is 0 Å². The standard InChI is InChI=1S/C36H43N5O6S/c1-26(2)22-23-41(48(46,47)29-15-8-5-9-16-29)25-32(42)36(3,24-27-12-6-4-7-13-27)38-33(43)20-21-34(44)39-40-35(45)31-19-18-28-14-10-11-17-30(28)37-31/h4-19,26,32,42H,20-25H2,1-3H3,(H,38,43)(H,39,44)(H,40,45)/t32-,36+/m1/s1. The van der Waals surface area contributed by atoms with Gasteiger partial charge in [0.15, 0.2) is 0 Å². The van der Waals surface area contributed by atoms with Crippen LogP contribution in [0.3, 0.4) is 0 Å². The maximum Gasteiger partial charge on any atom is 0.288 e. The molecule has 0 spiro atoms. The molecule has 12 heteroatoms. The molecule has 4 N–H and O–H groups in total. The van der Waals surface area contributed by atoms with Gasteiger partial charge in [0.25, 0.3) is 5.91 Å². The second-order valence-corrected chi connectivity index (χ2v) is 14.3. The highest BCUT2D eigenvalue weighted by Crippen LogP contribution is 2.23. The summed E-state index contributed by atoms with van der Waals surface area (Å²) in [6, 6.07) is 27.9. The summed E-state index contributed by atoms with van der Waals surface area (Å²) < 4.78 is 28.6. The minimum absolute atomic E-state index is 0.115. The van der Waals surface area contributed by atoms with Gasteiger partial charge in [-0.3, -0.25) is 25.2 Å². The maximum absolute atomic E-state index is 13.7. The molecule has 4 aromatic rings. The number of nitrogens with one attached hydrogen (secondary N) is 3. The molecule has 3 aromatic carbocycles. The van der Waals surface area contributed by atoms with E-state index in [1.165, 1.54) is 16.4 Å². The Hall–Kier alpha value is -4.65. The number of rotatable bonds is 15. The van der Waals surface area contributed by atoms with E-state index in [1.54, 1.807) is 43.3 Å². The second-order valence-electron chi connectivity index (χ2n) is 12.4. The number of aliphatic hydroxyl groups excluding tert-OH is 1. The highest BCUT2D eigenvalue weighted by molar-refractivity contribution is 7.89. The molecule has 0 unspecified atom stereocenters. The van der Waals surface area contributed by atoms with Crippen LogP contribution in [0.1, 0.15) is 56.1 Å². The zero-order valence-corrected chi connectivity index (χ0v) is 28.2. The van der Waals surface area contributed by atoms with Crippen LogP contribution in [0.25, 0.3) is 10.9 Å². The van der Waals surface area contributed by atoms with E-state index >= 15 is 0 Å². The summed E-state index contributed by atoms with van der Waals surface area (Å²) in [5.74, 6) is -1.52. The van der Waals surface area contributed by atoms with Crippen molar-refractivity contribution in [1.82, 2.24) is 25.5 Å². The first kappa shape index (κ1) is 36.2. The van der Waals surface area contributed by atoms with E-state index in [0.29, 0.717) is 11.9 Å². The third-order valence-corrected chi connectivity index (χ3v) is 9.89. The molecule has 0 aliphatic heterocycles. The summed E-state index contributed by atoms with van der Waals surface area (Å²) >= 11 is 0. The highest BCUT2D eigenvalue weighted by atomic mass is 32.2. The molecule has 1 aromatic heterocycles. The second kappa shape index (κ2) is 16.4. The number of hydrogen-bond donors (Lipinski definition) is 4. The number of hydrazine groups is 1. The van der Waals surface area contributed by atoms with Crippen molar-refractivity contribution < 1.29 is 27.9 Å². The maximum atomic E-state index is 13.7. The molecule has 48 heavy (non-hydrogen) atoms. The van der Waals surface area contributed by atoms with Gasteiger partial charge in [-0.15, -0.1) is 0 Å². The number of nitrogens with zero attached hydrogens (tertiary/aromatic N) is 2. The Bertz CT molecular complexity index is 1800. The first-order chi connectivity index (χ1) is 22.9. The van der Waals surface area contributed by atoms with E-state index < -0.39 is 39.4 Å². The van der Waals surface area contributed by atoms with E-state index in [1.807, 2.05) is 62.4 Å². The lowest BCUT2D eigenvalue weighted by Crippen LogP contribution is -2.59. The summed E-state index contributed by atoms with van der Waals surface area (Å²) in [6.45, 7) is 5.57. The van der Waals surface area contributed by atoms with Gasteiger partial charge in [-0.1, -0.05) is 86.6 Å². The molecule has 0 fully saturated rings. The van der Waals surface area contributed by atoms with Crippen molar-refractivity contribution >= 4 is 38.6 Å². The fraction of sp³-hybridized carbons (Fsp3) is 0.333. The zero-order valence-electron chi connectivity index (χ0n) is 27.4. The number of aliphatic hydroxyl groups is 1. The van der Waals surface area contributed by atoms with Crippen LogP contribution >= 0.6 is 0 Å². The highest BCUT2D eigenvalue weighted by Gasteiger charge is 2.38. The number of amides is 3. The Labute approximate surface area is 281 Å². The van der Waals surface area contributed by atoms with Crippen molar-refractivity contribution in [1.29, 1.82) is 0 Å². The lowest BCUT2D eigenvalue weighted by Gasteiger charge is -2.38. The lowest BCUT2D eigenvalue weighted by atomic mass is 9.86. The van der Waals surface area contributed by atoms with Crippen LogP contribution in [0.5, 0.6) is 0 Å². The summed E-state index contributed by atoms with van der Waals surface area (Å²) in [6.07, 6.45) is -1.03. The normalized spacial score (nSPS) is 13.5. The molecule has 0 radical (unpaired) electrons. The van der Waals surface area contributed by atoms with Crippen LogP contribution in [-0.2, 0) is 26.0 Å². The van der Waals surface area contributed by atoms with Gasteiger partial charge in [0, 0.05) is 31.3 Å². The monoisotopic (exact) mass is 673 g/mol. The third-order valence-electron chi connectivity index (χ3n) is 8.01. The van der Waals surface area contributed by atoms with E-state index in [4.69, 9.17) is 0 Å². The smallest absolute Gasteiger partial charge is 0.288 e. The van der Waals surface area contributed by atoms with Crippen molar-refractivity contribution in [2.45, 2.75) is 63.0 Å². The molecular weight excluding hydrogens is 630 g/mol. The van der Waals surface area contributed by atoms with Crippen molar-refractivity contribution in [2.75, 3.05) is 13.1 Å².